The van der Waals surface area contributed by atoms with E-state index in [1.807, 2.05) is 0 Å². The van der Waals surface area contributed by atoms with Crippen molar-refractivity contribution >= 4 is 23.4 Å². The molecule has 1 aliphatic carbocycles. The van der Waals surface area contributed by atoms with Crippen LogP contribution in [0.5, 0.6) is 0 Å². The summed E-state index contributed by atoms with van der Waals surface area (Å²) in [6.45, 7) is 0. The molecule has 1 aromatic rings. The normalized spacial score (nSPS) is 33.1. The largest absolute Gasteiger partial charge is 0.369 e. The van der Waals surface area contributed by atoms with Crippen LogP contribution in [-0.4, -0.2) is 47.4 Å². The minimum absolute atomic E-state index is 0.174. The fraction of sp³-hybridized carbons (Fsp3) is 0.526. The highest BCUT2D eigenvalue weighted by molar-refractivity contribution is 6.14. The number of carbonyl (C=O) groups excluding carboxylic acids is 3. The first-order valence-electron chi connectivity index (χ1n) is 9.33. The molecule has 27 heavy (non-hydrogen) atoms. The van der Waals surface area contributed by atoms with Crippen LogP contribution in [0.15, 0.2) is 24.3 Å². The van der Waals surface area contributed by atoms with E-state index in [0.29, 0.717) is 11.3 Å². The molecule has 144 valence electrons. The molecule has 4 rings (SSSR count). The molecular weight excluding hydrogens is 346 g/mol. The van der Waals surface area contributed by atoms with Gasteiger partial charge in [0.15, 0.2) is 11.1 Å². The summed E-state index contributed by atoms with van der Waals surface area (Å²) < 4.78 is 0. The van der Waals surface area contributed by atoms with E-state index in [1.54, 1.807) is 36.2 Å². The number of nitrogens with zero attached hydrogens (tertiary/aromatic N) is 2. The van der Waals surface area contributed by atoms with Gasteiger partial charge in [0.05, 0.1) is 0 Å². The van der Waals surface area contributed by atoms with Crippen LogP contribution >= 0.6 is 0 Å². The topological polar surface area (TPSA) is 136 Å². The molecule has 8 nitrogen and oxygen atoms in total. The van der Waals surface area contributed by atoms with E-state index in [4.69, 9.17) is 17.2 Å². The molecule has 0 aromatic heterocycles. The molecule has 3 amide bonds. The number of nitrogens with two attached hydrogens (primary N) is 3. The lowest BCUT2D eigenvalue weighted by molar-refractivity contribution is -0.139. The molecule has 3 atom stereocenters. The lowest BCUT2D eigenvalue weighted by atomic mass is 9.69. The number of carbonyl (C=O) groups is 3. The van der Waals surface area contributed by atoms with Crippen molar-refractivity contribution in [3.63, 3.8) is 0 Å². The Morgan fingerprint density at radius 3 is 2.33 bits per heavy atom. The van der Waals surface area contributed by atoms with E-state index in [-0.39, 0.29) is 6.04 Å². The van der Waals surface area contributed by atoms with Crippen molar-refractivity contribution in [2.75, 3.05) is 11.9 Å². The third kappa shape index (κ3) is 1.88. The summed E-state index contributed by atoms with van der Waals surface area (Å²) in [5, 5.41) is 0. The van der Waals surface area contributed by atoms with Crippen LogP contribution in [0.4, 0.5) is 5.69 Å². The molecule has 2 fully saturated rings. The fourth-order valence-corrected chi connectivity index (χ4v) is 5.49. The second-order valence-electron chi connectivity index (χ2n) is 7.82. The average molecular weight is 371 g/mol. The number of primary amides is 2. The summed E-state index contributed by atoms with van der Waals surface area (Å²) in [5.74, 6) is -2.03. The molecule has 0 bridgehead atoms. The predicted octanol–water partition coefficient (Wildman–Crippen LogP) is -0.457. The first kappa shape index (κ1) is 17.8. The van der Waals surface area contributed by atoms with E-state index < -0.39 is 34.8 Å². The van der Waals surface area contributed by atoms with E-state index in [0.717, 1.165) is 32.1 Å². The van der Waals surface area contributed by atoms with Gasteiger partial charge in [0, 0.05) is 18.8 Å². The lowest BCUT2D eigenvalue weighted by Crippen LogP contribution is -2.71. The van der Waals surface area contributed by atoms with Crippen LogP contribution in [0.2, 0.25) is 0 Å². The van der Waals surface area contributed by atoms with E-state index in [2.05, 4.69) is 0 Å². The SMILES string of the molecule is CN1c2ccccc2C2(C(N)=O)C(C(N)=O)N(C3CCCCC3)C(=O)C12N. The van der Waals surface area contributed by atoms with Crippen molar-refractivity contribution in [3.8, 4) is 0 Å². The highest BCUT2D eigenvalue weighted by Crippen LogP contribution is 2.57. The van der Waals surface area contributed by atoms with Crippen LogP contribution in [0, 0.1) is 0 Å². The number of anilines is 1. The minimum Gasteiger partial charge on any atom is -0.369 e. The molecule has 3 aliphatic rings. The fourth-order valence-electron chi connectivity index (χ4n) is 5.49. The van der Waals surface area contributed by atoms with Crippen molar-refractivity contribution in [1.82, 2.24) is 4.90 Å². The zero-order valence-corrected chi connectivity index (χ0v) is 15.4. The monoisotopic (exact) mass is 371 g/mol. The molecule has 6 N–H and O–H groups in total. The highest BCUT2D eigenvalue weighted by Gasteiger charge is 2.78. The zero-order valence-electron chi connectivity index (χ0n) is 15.4. The number of hydrogen-bond acceptors (Lipinski definition) is 5. The second-order valence-corrected chi connectivity index (χ2v) is 7.82. The van der Waals surface area contributed by atoms with E-state index >= 15 is 0 Å². The molecule has 1 saturated carbocycles. The third-order valence-corrected chi connectivity index (χ3v) is 6.70. The first-order valence-corrected chi connectivity index (χ1v) is 9.33. The molecule has 8 heteroatoms. The van der Waals surface area contributed by atoms with Gasteiger partial charge in [0.25, 0.3) is 5.91 Å². The number of likely N-dealkylation sites (N-methyl/N-ethyl adjacent to an activating group) is 1. The molecule has 1 saturated heterocycles. The average Bonchev–Trinajstić information content (AvgIpc) is 3.00. The van der Waals surface area contributed by atoms with Crippen LogP contribution in [0.1, 0.15) is 37.7 Å². The highest BCUT2D eigenvalue weighted by atomic mass is 16.2. The predicted molar refractivity (Wildman–Crippen MR) is 99.3 cm³/mol. The Morgan fingerprint density at radius 1 is 1.11 bits per heavy atom. The summed E-state index contributed by atoms with van der Waals surface area (Å²) in [6, 6.07) is 5.63. The Hall–Kier alpha value is -2.61. The Bertz CT molecular complexity index is 836. The van der Waals surface area contributed by atoms with Gasteiger partial charge in [-0.05, 0) is 24.5 Å². The maximum absolute atomic E-state index is 13.7. The van der Waals surface area contributed by atoms with Gasteiger partial charge in [0.1, 0.15) is 6.04 Å². The Balaban J connectivity index is 2.00. The molecule has 0 spiro atoms. The van der Waals surface area contributed by atoms with Crippen LogP contribution in [0.25, 0.3) is 0 Å². The lowest BCUT2D eigenvalue weighted by Gasteiger charge is -2.38. The van der Waals surface area contributed by atoms with Crippen molar-refractivity contribution in [3.05, 3.63) is 29.8 Å². The maximum atomic E-state index is 13.7. The summed E-state index contributed by atoms with van der Waals surface area (Å²) in [6.07, 6.45) is 4.50. The number of rotatable bonds is 3. The van der Waals surface area contributed by atoms with Gasteiger partial charge in [-0.2, -0.15) is 0 Å². The summed E-state index contributed by atoms with van der Waals surface area (Å²) in [4.78, 5) is 42.3. The van der Waals surface area contributed by atoms with Gasteiger partial charge in [0.2, 0.25) is 11.8 Å². The van der Waals surface area contributed by atoms with Gasteiger partial charge in [-0.3, -0.25) is 20.1 Å². The number of para-hydroxylation sites is 1. The quantitative estimate of drug-likeness (QED) is 0.661. The molecular formula is C19H25N5O3. The molecule has 3 unspecified atom stereocenters. The van der Waals surface area contributed by atoms with Gasteiger partial charge < -0.3 is 21.3 Å². The Labute approximate surface area is 157 Å². The van der Waals surface area contributed by atoms with Gasteiger partial charge in [-0.25, -0.2) is 0 Å². The minimum atomic E-state index is -1.78. The standard InChI is InChI=1S/C19H25N5O3/c1-23-13-10-6-5-9-12(13)18(16(21)26)14(15(20)25)24(17(27)19(18,23)22)11-7-3-2-4-8-11/h5-6,9-11,14H,2-4,7-8,22H2,1H3,(H2,20,25)(H2,21,26). The number of likely N-dealkylation sites (tertiary alicyclic amines) is 1. The molecule has 2 aliphatic heterocycles. The van der Waals surface area contributed by atoms with Crippen molar-refractivity contribution < 1.29 is 14.4 Å². The second kappa shape index (κ2) is 5.69. The number of amides is 3. The Morgan fingerprint density at radius 2 is 1.74 bits per heavy atom. The molecule has 0 radical (unpaired) electrons. The van der Waals surface area contributed by atoms with Crippen LogP contribution < -0.4 is 22.1 Å². The number of hydrogen-bond donors (Lipinski definition) is 3. The summed E-state index contributed by atoms with van der Waals surface area (Å²) >= 11 is 0. The third-order valence-electron chi connectivity index (χ3n) is 6.70. The smallest absolute Gasteiger partial charge is 0.265 e. The van der Waals surface area contributed by atoms with Crippen molar-refractivity contribution in [2.24, 2.45) is 17.2 Å². The summed E-state index contributed by atoms with van der Waals surface area (Å²) in [7, 11) is 1.66. The maximum Gasteiger partial charge on any atom is 0.265 e. The Kier molecular flexibility index (Phi) is 3.75. The molecule has 1 aromatic carbocycles. The van der Waals surface area contributed by atoms with Gasteiger partial charge >= 0.3 is 0 Å². The van der Waals surface area contributed by atoms with Gasteiger partial charge in [-0.15, -0.1) is 0 Å². The van der Waals surface area contributed by atoms with Crippen LogP contribution in [0.3, 0.4) is 0 Å². The first-order chi connectivity index (χ1) is 12.8. The molecule has 2 heterocycles. The number of benzene rings is 1. The number of fused-ring (bicyclic) bond motifs is 3. The van der Waals surface area contributed by atoms with Crippen molar-refractivity contribution in [1.29, 1.82) is 0 Å². The van der Waals surface area contributed by atoms with Crippen molar-refractivity contribution in [2.45, 2.75) is 55.3 Å². The summed E-state index contributed by atoms with van der Waals surface area (Å²) in [5.41, 5.74) is 16.0. The van der Waals surface area contributed by atoms with Crippen LogP contribution in [-0.2, 0) is 19.8 Å². The van der Waals surface area contributed by atoms with E-state index in [9.17, 15) is 14.4 Å². The zero-order chi connectivity index (χ0) is 19.6. The van der Waals surface area contributed by atoms with E-state index in [1.165, 1.54) is 4.90 Å². The van der Waals surface area contributed by atoms with Gasteiger partial charge in [-0.1, -0.05) is 37.5 Å².